The zero-order valence-electron chi connectivity index (χ0n) is 8.68. The number of rotatable bonds is 2. The van der Waals surface area contributed by atoms with Crippen LogP contribution in [0.3, 0.4) is 0 Å². The molecule has 0 aliphatic heterocycles. The Morgan fingerprint density at radius 1 is 1.28 bits per heavy atom. The van der Waals surface area contributed by atoms with E-state index in [1.54, 1.807) is 0 Å². The minimum absolute atomic E-state index is 0.402. The van der Waals surface area contributed by atoms with Crippen molar-refractivity contribution in [3.63, 3.8) is 0 Å². The van der Waals surface area contributed by atoms with Crippen LogP contribution in [-0.2, 0) is 0 Å². The molecule has 0 saturated heterocycles. The summed E-state index contributed by atoms with van der Waals surface area (Å²) in [6, 6.07) is 2.50. The molecule has 2 rings (SSSR count). The molecular formula is C10H5F2N3O3. The molecule has 1 aromatic heterocycles. The number of hydrogen-bond donors (Lipinski definition) is 1. The Hall–Kier alpha value is -2.64. The van der Waals surface area contributed by atoms with Crippen LogP contribution in [0.5, 0.6) is 0 Å². The highest BCUT2D eigenvalue weighted by molar-refractivity contribution is 5.61. The predicted molar refractivity (Wildman–Crippen MR) is 56.9 cm³/mol. The average molecular weight is 253 g/mol. The van der Waals surface area contributed by atoms with Crippen LogP contribution in [-0.4, -0.2) is 14.9 Å². The molecule has 0 saturated carbocycles. The number of hydrogen-bond acceptors (Lipinski definition) is 4. The number of nitrogens with one attached hydrogen (secondary N) is 1. The maximum atomic E-state index is 13.8. The lowest BCUT2D eigenvalue weighted by molar-refractivity contribution is -0.387. The zero-order valence-corrected chi connectivity index (χ0v) is 8.68. The summed E-state index contributed by atoms with van der Waals surface area (Å²) in [5.41, 5.74) is -2.25. The lowest BCUT2D eigenvalue weighted by atomic mass is 10.1. The van der Waals surface area contributed by atoms with Crippen LogP contribution in [0, 0.1) is 21.7 Å². The van der Waals surface area contributed by atoms with E-state index in [1.165, 1.54) is 0 Å². The van der Waals surface area contributed by atoms with E-state index in [0.717, 1.165) is 18.3 Å². The smallest absolute Gasteiger partial charge is 0.305 e. The summed E-state index contributed by atoms with van der Waals surface area (Å²) in [5, 5.41) is 10.5. The monoisotopic (exact) mass is 253 g/mol. The van der Waals surface area contributed by atoms with E-state index < -0.39 is 39.2 Å². The minimum atomic E-state index is -1.38. The van der Waals surface area contributed by atoms with E-state index in [-0.39, 0.29) is 0 Å². The molecule has 1 N–H and O–H groups in total. The van der Waals surface area contributed by atoms with Crippen LogP contribution in [0.15, 0.2) is 29.2 Å². The molecule has 0 fully saturated rings. The van der Waals surface area contributed by atoms with Crippen molar-refractivity contribution in [2.45, 2.75) is 0 Å². The Morgan fingerprint density at radius 2 is 2.00 bits per heavy atom. The molecule has 2 aromatic rings. The molecule has 6 nitrogen and oxygen atoms in total. The molecule has 18 heavy (non-hydrogen) atoms. The van der Waals surface area contributed by atoms with Crippen LogP contribution in [0.1, 0.15) is 0 Å². The SMILES string of the molecule is O=c1ccnc(-c2c(F)ccc([N+](=O)[O-])c2F)[nH]1. The van der Waals surface area contributed by atoms with Gasteiger partial charge in [-0.1, -0.05) is 0 Å². The molecule has 0 aliphatic carbocycles. The number of nitro groups is 1. The standard InChI is InChI=1S/C10H5F2N3O3/c11-5-1-2-6(15(17)18)9(12)8(5)10-13-4-3-7(16)14-10/h1-4H,(H,13,14,16). The maximum absolute atomic E-state index is 13.8. The second kappa shape index (κ2) is 4.32. The number of H-pyrrole nitrogens is 1. The highest BCUT2D eigenvalue weighted by Gasteiger charge is 2.23. The molecule has 0 bridgehead atoms. The fourth-order valence-electron chi connectivity index (χ4n) is 1.40. The summed E-state index contributed by atoms with van der Waals surface area (Å²) < 4.78 is 27.2. The lowest BCUT2D eigenvalue weighted by Gasteiger charge is -2.03. The highest BCUT2D eigenvalue weighted by Crippen LogP contribution is 2.28. The zero-order chi connectivity index (χ0) is 13.3. The number of nitro benzene ring substituents is 1. The van der Waals surface area contributed by atoms with Crippen LogP contribution in [0.4, 0.5) is 14.5 Å². The van der Waals surface area contributed by atoms with Gasteiger partial charge in [0.25, 0.3) is 5.56 Å². The van der Waals surface area contributed by atoms with Gasteiger partial charge in [0.05, 0.1) is 10.5 Å². The molecule has 0 amide bonds. The molecule has 0 spiro atoms. The second-order valence-electron chi connectivity index (χ2n) is 3.30. The van der Waals surface area contributed by atoms with Gasteiger partial charge in [-0.3, -0.25) is 14.9 Å². The van der Waals surface area contributed by atoms with Gasteiger partial charge in [0.15, 0.2) is 0 Å². The van der Waals surface area contributed by atoms with E-state index in [4.69, 9.17) is 0 Å². The quantitative estimate of drug-likeness (QED) is 0.650. The van der Waals surface area contributed by atoms with Crippen LogP contribution in [0.2, 0.25) is 0 Å². The van der Waals surface area contributed by atoms with Gasteiger partial charge in [0, 0.05) is 18.3 Å². The van der Waals surface area contributed by atoms with Crippen molar-refractivity contribution in [2.75, 3.05) is 0 Å². The van der Waals surface area contributed by atoms with Gasteiger partial charge in [-0.15, -0.1) is 0 Å². The average Bonchev–Trinajstić information content (AvgIpc) is 2.28. The molecule has 0 unspecified atom stereocenters. The minimum Gasteiger partial charge on any atom is -0.306 e. The van der Waals surface area contributed by atoms with E-state index in [1.807, 2.05) is 0 Å². The third kappa shape index (κ3) is 1.95. The molecule has 1 heterocycles. The summed E-state index contributed by atoms with van der Waals surface area (Å²) >= 11 is 0. The summed E-state index contributed by atoms with van der Waals surface area (Å²) in [6.07, 6.45) is 1.05. The Kier molecular flexibility index (Phi) is 2.84. The van der Waals surface area contributed by atoms with Gasteiger partial charge in [-0.25, -0.2) is 9.37 Å². The molecule has 0 radical (unpaired) electrons. The van der Waals surface area contributed by atoms with Crippen molar-refractivity contribution in [1.29, 1.82) is 0 Å². The van der Waals surface area contributed by atoms with Gasteiger partial charge in [0.1, 0.15) is 11.6 Å². The summed E-state index contributed by atoms with van der Waals surface area (Å²) in [6.45, 7) is 0. The topological polar surface area (TPSA) is 88.9 Å². The summed E-state index contributed by atoms with van der Waals surface area (Å²) in [4.78, 5) is 26.3. The van der Waals surface area contributed by atoms with Gasteiger partial charge in [-0.2, -0.15) is 4.39 Å². The van der Waals surface area contributed by atoms with E-state index >= 15 is 0 Å². The van der Waals surface area contributed by atoms with E-state index in [9.17, 15) is 23.7 Å². The fraction of sp³-hybridized carbons (Fsp3) is 0. The molecule has 8 heteroatoms. The summed E-state index contributed by atoms with van der Waals surface area (Å²) in [7, 11) is 0. The van der Waals surface area contributed by atoms with E-state index in [0.29, 0.717) is 6.07 Å². The summed E-state index contributed by atoms with van der Waals surface area (Å²) in [5.74, 6) is -2.83. The van der Waals surface area contributed by atoms with Crippen LogP contribution >= 0.6 is 0 Å². The Bertz CT molecular complexity index is 684. The van der Waals surface area contributed by atoms with Crippen molar-refractivity contribution in [3.05, 3.63) is 56.5 Å². The molecule has 0 aliphatic rings. The number of halogens is 2. The first-order valence-electron chi connectivity index (χ1n) is 4.69. The molecular weight excluding hydrogens is 248 g/mol. The van der Waals surface area contributed by atoms with Crippen molar-refractivity contribution in [3.8, 4) is 11.4 Å². The third-order valence-electron chi connectivity index (χ3n) is 2.18. The number of benzene rings is 1. The van der Waals surface area contributed by atoms with Crippen molar-refractivity contribution in [1.82, 2.24) is 9.97 Å². The van der Waals surface area contributed by atoms with Gasteiger partial charge in [-0.05, 0) is 6.07 Å². The highest BCUT2D eigenvalue weighted by atomic mass is 19.1. The first-order chi connectivity index (χ1) is 8.50. The maximum Gasteiger partial charge on any atom is 0.305 e. The first-order valence-corrected chi connectivity index (χ1v) is 4.69. The lowest BCUT2D eigenvalue weighted by Crippen LogP contribution is -2.08. The van der Waals surface area contributed by atoms with Crippen molar-refractivity contribution >= 4 is 5.69 Å². The Balaban J connectivity index is 2.74. The first kappa shape index (κ1) is 11.8. The largest absolute Gasteiger partial charge is 0.306 e. The normalized spacial score (nSPS) is 10.3. The number of aromatic nitrogens is 2. The fourth-order valence-corrected chi connectivity index (χ4v) is 1.40. The number of nitrogens with zero attached hydrogens (tertiary/aromatic N) is 2. The van der Waals surface area contributed by atoms with Crippen LogP contribution in [0.25, 0.3) is 11.4 Å². The molecule has 1 aromatic carbocycles. The molecule has 92 valence electrons. The Morgan fingerprint density at radius 3 is 2.61 bits per heavy atom. The Labute approximate surface area is 98.1 Å². The van der Waals surface area contributed by atoms with Crippen molar-refractivity contribution in [2.24, 2.45) is 0 Å². The van der Waals surface area contributed by atoms with Gasteiger partial charge >= 0.3 is 5.69 Å². The third-order valence-corrected chi connectivity index (χ3v) is 2.18. The second-order valence-corrected chi connectivity index (χ2v) is 3.30. The van der Waals surface area contributed by atoms with Crippen molar-refractivity contribution < 1.29 is 13.7 Å². The molecule has 0 atom stereocenters. The number of aromatic amines is 1. The van der Waals surface area contributed by atoms with Gasteiger partial charge < -0.3 is 4.98 Å². The predicted octanol–water partition coefficient (Wildman–Crippen LogP) is 1.62. The van der Waals surface area contributed by atoms with Gasteiger partial charge in [0.2, 0.25) is 5.82 Å². The van der Waals surface area contributed by atoms with Crippen LogP contribution < -0.4 is 5.56 Å². The van der Waals surface area contributed by atoms with E-state index in [2.05, 4.69) is 9.97 Å².